The zero-order valence-electron chi connectivity index (χ0n) is 10.9. The highest BCUT2D eigenvalue weighted by atomic mass is 14.1. The Kier molecular flexibility index (Phi) is 1.78. The van der Waals surface area contributed by atoms with Crippen LogP contribution in [0.25, 0.3) is 43.1 Å². The van der Waals surface area contributed by atoms with E-state index in [-0.39, 0.29) is 0 Å². The third-order valence-electron chi connectivity index (χ3n) is 4.39. The van der Waals surface area contributed by atoms with Crippen molar-refractivity contribution in [2.75, 3.05) is 0 Å². The molecule has 0 saturated carbocycles. The average molecular weight is 252 g/mol. The smallest absolute Gasteiger partial charge is 0.00201 e. The minimum absolute atomic E-state index is 1.32. The van der Waals surface area contributed by atoms with Crippen molar-refractivity contribution >= 4 is 43.1 Å². The zero-order valence-corrected chi connectivity index (χ0v) is 10.9. The Labute approximate surface area is 116 Å². The Morgan fingerprint density at radius 2 is 0.850 bits per heavy atom. The number of rotatable bonds is 0. The van der Waals surface area contributed by atoms with Crippen LogP contribution in [0.3, 0.4) is 0 Å². The quantitative estimate of drug-likeness (QED) is 0.330. The van der Waals surface area contributed by atoms with Crippen LogP contribution in [0, 0.1) is 0 Å². The highest BCUT2D eigenvalue weighted by molar-refractivity contribution is 6.34. The molecule has 20 heavy (non-hydrogen) atoms. The van der Waals surface area contributed by atoms with E-state index in [1.807, 2.05) is 0 Å². The molecule has 0 unspecified atom stereocenters. The first-order valence-electron chi connectivity index (χ1n) is 6.98. The van der Waals surface area contributed by atoms with Gasteiger partial charge in [0, 0.05) is 0 Å². The molecule has 0 amide bonds. The average Bonchev–Trinajstić information content (AvgIpc) is 3.00. The number of benzene rings is 2. The van der Waals surface area contributed by atoms with Crippen LogP contribution in [0.4, 0.5) is 0 Å². The Morgan fingerprint density at radius 1 is 0.350 bits per heavy atom. The van der Waals surface area contributed by atoms with Gasteiger partial charge in [-0.1, -0.05) is 72.8 Å². The van der Waals surface area contributed by atoms with Gasteiger partial charge in [0.15, 0.2) is 0 Å². The van der Waals surface area contributed by atoms with Crippen molar-refractivity contribution < 1.29 is 0 Å². The molecule has 0 bridgehead atoms. The molecule has 0 N–H and O–H groups in total. The molecule has 0 aliphatic rings. The van der Waals surface area contributed by atoms with E-state index in [0.29, 0.717) is 0 Å². The lowest BCUT2D eigenvalue weighted by molar-refractivity contribution is 1.85. The second-order valence-corrected chi connectivity index (χ2v) is 5.42. The standard InChI is InChI=1S/C20H12/c1-5-13-6-2-11-17-16-10-3-7-14-8-4-12-18(19(14)16)20(17)15(13)9-1/h1-12H. The Hall–Kier alpha value is -2.60. The molecular weight excluding hydrogens is 240 g/mol. The first kappa shape index (κ1) is 10.2. The molecule has 0 saturated heterocycles. The van der Waals surface area contributed by atoms with Gasteiger partial charge >= 0.3 is 0 Å². The number of fused-ring (bicyclic) bond motifs is 5. The summed E-state index contributed by atoms with van der Waals surface area (Å²) in [6.45, 7) is 0. The molecule has 0 aliphatic heterocycles. The largest absolute Gasteiger partial charge is 0.0610 e. The van der Waals surface area contributed by atoms with E-state index in [9.17, 15) is 0 Å². The minimum Gasteiger partial charge on any atom is -0.0610 e. The van der Waals surface area contributed by atoms with Crippen LogP contribution in [-0.4, -0.2) is 0 Å². The maximum atomic E-state index is 2.25. The Balaban J connectivity index is 2.29. The van der Waals surface area contributed by atoms with E-state index in [0.717, 1.165) is 0 Å². The van der Waals surface area contributed by atoms with E-state index in [4.69, 9.17) is 0 Å². The molecule has 0 radical (unpaired) electrons. The van der Waals surface area contributed by atoms with Gasteiger partial charge in [0.25, 0.3) is 0 Å². The lowest BCUT2D eigenvalue weighted by atomic mass is 10.1. The van der Waals surface area contributed by atoms with Crippen molar-refractivity contribution in [2.24, 2.45) is 0 Å². The zero-order chi connectivity index (χ0) is 13.1. The topological polar surface area (TPSA) is 0 Å². The van der Waals surface area contributed by atoms with Crippen LogP contribution >= 0.6 is 0 Å². The lowest BCUT2D eigenvalue weighted by Gasteiger charge is -1.97. The summed E-state index contributed by atoms with van der Waals surface area (Å²) in [5, 5.41) is 10.9. The summed E-state index contributed by atoms with van der Waals surface area (Å²) in [4.78, 5) is 0. The van der Waals surface area contributed by atoms with Gasteiger partial charge in [-0.3, -0.25) is 0 Å². The van der Waals surface area contributed by atoms with E-state index in [2.05, 4.69) is 72.8 Å². The third kappa shape index (κ3) is 1.12. The molecule has 92 valence electrons. The van der Waals surface area contributed by atoms with Crippen molar-refractivity contribution in [3.8, 4) is 0 Å². The Bertz CT molecular complexity index is 1080. The fraction of sp³-hybridized carbons (Fsp3) is 0. The van der Waals surface area contributed by atoms with Gasteiger partial charge in [0.1, 0.15) is 0 Å². The fourth-order valence-corrected chi connectivity index (χ4v) is 3.57. The lowest BCUT2D eigenvalue weighted by Crippen LogP contribution is -1.70. The molecular formula is C20H12. The summed E-state index contributed by atoms with van der Waals surface area (Å²) in [7, 11) is 0. The molecule has 0 atom stereocenters. The van der Waals surface area contributed by atoms with Crippen LogP contribution in [0.2, 0.25) is 0 Å². The van der Waals surface area contributed by atoms with Gasteiger partial charge in [-0.25, -0.2) is 0 Å². The van der Waals surface area contributed by atoms with Crippen molar-refractivity contribution in [1.82, 2.24) is 0 Å². The van der Waals surface area contributed by atoms with Crippen LogP contribution in [0.1, 0.15) is 0 Å². The molecule has 5 rings (SSSR count). The van der Waals surface area contributed by atoms with Crippen LogP contribution < -0.4 is 0 Å². The predicted octanol–water partition coefficient (Wildman–Crippen LogP) is 5.74. The van der Waals surface area contributed by atoms with E-state index in [1.54, 1.807) is 0 Å². The first-order chi connectivity index (χ1) is 9.93. The maximum Gasteiger partial charge on any atom is -0.00201 e. The van der Waals surface area contributed by atoms with Crippen molar-refractivity contribution in [1.29, 1.82) is 0 Å². The normalized spacial score (nSPS) is 12.0. The van der Waals surface area contributed by atoms with E-state index in [1.165, 1.54) is 43.1 Å². The second-order valence-electron chi connectivity index (χ2n) is 5.42. The van der Waals surface area contributed by atoms with Gasteiger partial charge in [0.2, 0.25) is 0 Å². The van der Waals surface area contributed by atoms with Crippen molar-refractivity contribution in [3.63, 3.8) is 0 Å². The molecule has 0 aromatic heterocycles. The van der Waals surface area contributed by atoms with Gasteiger partial charge in [-0.15, -0.1) is 0 Å². The summed E-state index contributed by atoms with van der Waals surface area (Å²) < 4.78 is 0. The summed E-state index contributed by atoms with van der Waals surface area (Å²) in [5.41, 5.74) is 0. The predicted molar refractivity (Wildman–Crippen MR) is 87.7 cm³/mol. The number of hydrogen-bond acceptors (Lipinski definition) is 0. The number of hydrogen-bond donors (Lipinski definition) is 0. The van der Waals surface area contributed by atoms with E-state index >= 15 is 0 Å². The SMILES string of the molecule is c1cc2cccc3c2c(c1)c1cccc2cccc2c13. The van der Waals surface area contributed by atoms with Gasteiger partial charge in [-0.05, 0) is 43.1 Å². The van der Waals surface area contributed by atoms with Gasteiger partial charge in [-0.2, -0.15) is 0 Å². The molecule has 0 aliphatic carbocycles. The summed E-state index contributed by atoms with van der Waals surface area (Å²) in [6, 6.07) is 26.4. The van der Waals surface area contributed by atoms with Crippen LogP contribution in [0.15, 0.2) is 72.8 Å². The van der Waals surface area contributed by atoms with Gasteiger partial charge < -0.3 is 0 Å². The van der Waals surface area contributed by atoms with E-state index < -0.39 is 0 Å². The molecule has 0 fully saturated rings. The third-order valence-corrected chi connectivity index (χ3v) is 4.39. The van der Waals surface area contributed by atoms with Crippen molar-refractivity contribution in [2.45, 2.75) is 0 Å². The summed E-state index contributed by atoms with van der Waals surface area (Å²) in [5.74, 6) is 0. The highest BCUT2D eigenvalue weighted by Gasteiger charge is 2.12. The molecule has 0 nitrogen and oxygen atoms in total. The minimum atomic E-state index is 1.32. The van der Waals surface area contributed by atoms with Crippen molar-refractivity contribution in [3.05, 3.63) is 72.8 Å². The molecule has 5 aromatic rings. The van der Waals surface area contributed by atoms with Crippen LogP contribution in [0.5, 0.6) is 0 Å². The summed E-state index contributed by atoms with van der Waals surface area (Å²) >= 11 is 0. The molecule has 0 spiro atoms. The molecule has 5 aromatic carbocycles. The molecule has 0 heterocycles. The fourth-order valence-electron chi connectivity index (χ4n) is 3.57. The maximum absolute atomic E-state index is 2.25. The Morgan fingerprint density at radius 3 is 1.55 bits per heavy atom. The molecule has 0 heteroatoms. The van der Waals surface area contributed by atoms with Gasteiger partial charge in [0.05, 0.1) is 0 Å². The highest BCUT2D eigenvalue weighted by Crippen LogP contribution is 2.40. The second kappa shape index (κ2) is 3.49. The van der Waals surface area contributed by atoms with Crippen LogP contribution in [-0.2, 0) is 0 Å². The summed E-state index contributed by atoms with van der Waals surface area (Å²) in [6.07, 6.45) is 0. The monoisotopic (exact) mass is 252 g/mol. The first-order valence-corrected chi connectivity index (χ1v) is 6.98.